The first-order valence-electron chi connectivity index (χ1n) is 14.2. The molecule has 1 saturated carbocycles. The molecule has 1 saturated heterocycles. The average Bonchev–Trinajstić information content (AvgIpc) is 3.83. The van der Waals surface area contributed by atoms with E-state index in [2.05, 4.69) is 10.3 Å². The van der Waals surface area contributed by atoms with Gasteiger partial charge in [-0.2, -0.15) is 0 Å². The number of piperazine rings is 1. The van der Waals surface area contributed by atoms with Crippen LogP contribution in [0.1, 0.15) is 55.6 Å². The van der Waals surface area contributed by atoms with Crippen LogP contribution in [0.15, 0.2) is 42.5 Å². The van der Waals surface area contributed by atoms with Gasteiger partial charge in [-0.25, -0.2) is 9.78 Å². The third-order valence-corrected chi connectivity index (χ3v) is 9.09. The number of aromatic nitrogens is 1. The molecular formula is C29H39N4O7P. The minimum atomic E-state index is -3.70. The van der Waals surface area contributed by atoms with Crippen LogP contribution in [0.2, 0.25) is 0 Å². The summed E-state index contributed by atoms with van der Waals surface area (Å²) in [7, 11) is -3.70. The summed E-state index contributed by atoms with van der Waals surface area (Å²) in [4.78, 5) is 47.2. The zero-order valence-corrected chi connectivity index (χ0v) is 24.8. The Morgan fingerprint density at radius 1 is 0.951 bits per heavy atom. The molecule has 2 aromatic rings. The Morgan fingerprint density at radius 3 is 2.17 bits per heavy atom. The van der Waals surface area contributed by atoms with Crippen molar-refractivity contribution in [1.82, 2.24) is 20.1 Å². The molecule has 0 spiro atoms. The molecule has 222 valence electrons. The minimum absolute atomic E-state index is 0.121. The summed E-state index contributed by atoms with van der Waals surface area (Å²) in [5, 5.41) is 2.79. The lowest BCUT2D eigenvalue weighted by molar-refractivity contribution is -0.134. The fourth-order valence-electron chi connectivity index (χ4n) is 4.80. The molecule has 2 heterocycles. The maximum atomic E-state index is 13.8. The first-order chi connectivity index (χ1) is 19.8. The van der Waals surface area contributed by atoms with Crippen LogP contribution in [0.3, 0.4) is 0 Å². The van der Waals surface area contributed by atoms with Crippen LogP contribution in [-0.4, -0.2) is 90.9 Å². The van der Waals surface area contributed by atoms with E-state index in [9.17, 15) is 18.9 Å². The molecule has 0 bridgehead atoms. The lowest BCUT2D eigenvalue weighted by atomic mass is 10.0. The summed E-state index contributed by atoms with van der Waals surface area (Å²) in [5.41, 5.74) is 2.76. The van der Waals surface area contributed by atoms with Gasteiger partial charge < -0.3 is 28.9 Å². The van der Waals surface area contributed by atoms with Gasteiger partial charge in [0.25, 0.3) is 5.91 Å². The third-order valence-electron chi connectivity index (χ3n) is 6.98. The predicted molar refractivity (Wildman–Crippen MR) is 154 cm³/mol. The van der Waals surface area contributed by atoms with Crippen LogP contribution < -0.4 is 5.32 Å². The highest BCUT2D eigenvalue weighted by molar-refractivity contribution is 7.54. The van der Waals surface area contributed by atoms with Gasteiger partial charge in [0.05, 0.1) is 31.7 Å². The number of carbonyl (C=O) groups is 3. The first kappa shape index (κ1) is 30.7. The van der Waals surface area contributed by atoms with Crippen molar-refractivity contribution >= 4 is 25.5 Å². The van der Waals surface area contributed by atoms with Gasteiger partial charge in [0.15, 0.2) is 0 Å². The number of ether oxygens (including phenoxy) is 1. The van der Waals surface area contributed by atoms with Crippen molar-refractivity contribution in [3.63, 3.8) is 0 Å². The second-order valence-electron chi connectivity index (χ2n) is 9.98. The lowest BCUT2D eigenvalue weighted by Crippen LogP contribution is -2.57. The van der Waals surface area contributed by atoms with Crippen molar-refractivity contribution in [1.29, 1.82) is 0 Å². The summed E-state index contributed by atoms with van der Waals surface area (Å²) in [6.45, 7) is 6.66. The van der Waals surface area contributed by atoms with E-state index in [1.807, 2.05) is 36.4 Å². The molecule has 1 unspecified atom stereocenters. The van der Waals surface area contributed by atoms with Gasteiger partial charge >= 0.3 is 13.7 Å². The first-order valence-corrected chi connectivity index (χ1v) is 16.0. The molecule has 1 aromatic heterocycles. The summed E-state index contributed by atoms with van der Waals surface area (Å²) in [6.07, 6.45) is 1.33. The van der Waals surface area contributed by atoms with Crippen LogP contribution >= 0.6 is 7.60 Å². The van der Waals surface area contributed by atoms with E-state index in [-0.39, 0.29) is 57.9 Å². The van der Waals surface area contributed by atoms with Crippen molar-refractivity contribution < 1.29 is 32.7 Å². The molecule has 2 fully saturated rings. The van der Waals surface area contributed by atoms with Crippen LogP contribution in [-0.2, 0) is 23.1 Å². The Hall–Kier alpha value is -3.27. The molecule has 4 rings (SSSR count). The number of pyridine rings is 1. The summed E-state index contributed by atoms with van der Waals surface area (Å²) in [6, 6.07) is 12.2. The van der Waals surface area contributed by atoms with Gasteiger partial charge in [-0.3, -0.25) is 14.2 Å². The predicted octanol–water partition coefficient (Wildman–Crippen LogP) is 4.29. The summed E-state index contributed by atoms with van der Waals surface area (Å²) in [5.74, 6) is -0.605. The van der Waals surface area contributed by atoms with Gasteiger partial charge in [0, 0.05) is 31.7 Å². The fraction of sp³-hybridized carbons (Fsp3) is 0.517. The standard InChI is InChI=1S/C29H39N4O7P/c1-4-38-29(36)33-16-14-32(15-17-33)28(35)26(20-41(37,39-5-2)40-6-3)31-27(34)25-19-23(21-12-13-21)18-24(30-25)22-10-8-7-9-11-22/h7-11,18-19,21,26H,4-6,12-17,20H2,1-3H3,(H,31,34). The normalized spacial score (nSPS) is 16.3. The number of rotatable bonds is 12. The number of nitrogens with zero attached hydrogens (tertiary/aromatic N) is 3. The van der Waals surface area contributed by atoms with Gasteiger partial charge in [-0.05, 0) is 57.2 Å². The van der Waals surface area contributed by atoms with Crippen LogP contribution in [0.5, 0.6) is 0 Å². The minimum Gasteiger partial charge on any atom is -0.450 e. The molecule has 12 heteroatoms. The molecule has 1 aromatic carbocycles. The number of amides is 3. The highest BCUT2D eigenvalue weighted by Gasteiger charge is 2.37. The van der Waals surface area contributed by atoms with Crippen LogP contribution in [0.4, 0.5) is 4.79 Å². The molecule has 41 heavy (non-hydrogen) atoms. The molecule has 1 aliphatic carbocycles. The molecule has 2 aliphatic rings. The highest BCUT2D eigenvalue weighted by Crippen LogP contribution is 2.48. The summed E-state index contributed by atoms with van der Waals surface area (Å²) >= 11 is 0. The maximum Gasteiger partial charge on any atom is 0.409 e. The average molecular weight is 587 g/mol. The van der Waals surface area contributed by atoms with Crippen molar-refractivity contribution in [2.24, 2.45) is 0 Å². The molecule has 11 nitrogen and oxygen atoms in total. The third kappa shape index (κ3) is 8.15. The smallest absolute Gasteiger partial charge is 0.409 e. The Labute approximate surface area is 241 Å². The zero-order valence-electron chi connectivity index (χ0n) is 23.9. The van der Waals surface area contributed by atoms with Crippen LogP contribution in [0.25, 0.3) is 11.3 Å². The second kappa shape index (κ2) is 14.1. The van der Waals surface area contributed by atoms with Crippen molar-refractivity contribution in [2.45, 2.75) is 45.6 Å². The highest BCUT2D eigenvalue weighted by atomic mass is 31.2. The van der Waals surface area contributed by atoms with Crippen molar-refractivity contribution in [3.05, 3.63) is 53.7 Å². The van der Waals surface area contributed by atoms with Gasteiger partial charge in [-0.1, -0.05) is 30.3 Å². The van der Waals surface area contributed by atoms with E-state index >= 15 is 0 Å². The molecule has 0 radical (unpaired) electrons. The molecular weight excluding hydrogens is 547 g/mol. The maximum absolute atomic E-state index is 13.8. The quantitative estimate of drug-likeness (QED) is 0.365. The van der Waals surface area contributed by atoms with E-state index in [1.165, 1.54) is 4.90 Å². The molecule has 3 amide bonds. The SMILES string of the molecule is CCOC(=O)N1CCN(C(=O)C(CP(=O)(OCC)OCC)NC(=O)c2cc(C3CC3)cc(-c3ccccc3)n2)CC1. The lowest BCUT2D eigenvalue weighted by Gasteiger charge is -2.36. The Morgan fingerprint density at radius 2 is 1.59 bits per heavy atom. The van der Waals surface area contributed by atoms with Gasteiger partial charge in [0.2, 0.25) is 5.91 Å². The van der Waals surface area contributed by atoms with E-state index in [4.69, 9.17) is 13.8 Å². The Kier molecular flexibility index (Phi) is 10.5. The fourth-order valence-corrected chi connectivity index (χ4v) is 6.57. The monoisotopic (exact) mass is 586 g/mol. The number of nitrogens with one attached hydrogen (secondary N) is 1. The number of benzene rings is 1. The molecule has 1 aliphatic heterocycles. The molecule has 1 atom stereocenters. The van der Waals surface area contributed by atoms with Crippen LogP contribution in [0, 0.1) is 0 Å². The van der Waals surface area contributed by atoms with Gasteiger partial charge in [0.1, 0.15) is 11.7 Å². The number of hydrogen-bond donors (Lipinski definition) is 1. The largest absolute Gasteiger partial charge is 0.450 e. The Bertz CT molecular complexity index is 1250. The topological polar surface area (TPSA) is 127 Å². The van der Waals surface area contributed by atoms with E-state index in [0.717, 1.165) is 24.0 Å². The zero-order chi connectivity index (χ0) is 29.4. The van der Waals surface area contributed by atoms with Crippen molar-refractivity contribution in [3.8, 4) is 11.3 Å². The molecule has 1 N–H and O–H groups in total. The van der Waals surface area contributed by atoms with Gasteiger partial charge in [-0.15, -0.1) is 0 Å². The van der Waals surface area contributed by atoms with E-state index in [0.29, 0.717) is 11.6 Å². The van der Waals surface area contributed by atoms with E-state index in [1.54, 1.807) is 31.7 Å². The number of carbonyl (C=O) groups excluding carboxylic acids is 3. The summed E-state index contributed by atoms with van der Waals surface area (Å²) < 4.78 is 29.5. The Balaban J connectivity index is 1.58. The van der Waals surface area contributed by atoms with E-state index < -0.39 is 31.5 Å². The second-order valence-corrected chi connectivity index (χ2v) is 12.1. The van der Waals surface area contributed by atoms with Crippen molar-refractivity contribution in [2.75, 3.05) is 52.2 Å². The number of hydrogen-bond acceptors (Lipinski definition) is 8.